The zero-order valence-corrected chi connectivity index (χ0v) is 43.9. The number of nitrogens with one attached hydrogen (secondary N) is 2. The first-order valence-corrected chi connectivity index (χ1v) is 28.6. The number of hydrogen-bond donors (Lipinski definition) is 2. The van der Waals surface area contributed by atoms with E-state index in [0.717, 1.165) is 36.4 Å². The van der Waals surface area contributed by atoms with Crippen molar-refractivity contribution in [2.45, 2.75) is 74.5 Å². The molecule has 4 aliphatic rings. The number of rotatable bonds is 14. The third-order valence-electron chi connectivity index (χ3n) is 13.4. The second kappa shape index (κ2) is 23.3. The molecule has 4 aliphatic heterocycles. The smallest absolute Gasteiger partial charge is 0.338 e. The fraction of sp³-hybridized carbons (Fsp3) is 0.385. The first-order valence-electron chi connectivity index (χ1n) is 24.5. The van der Waals surface area contributed by atoms with E-state index in [9.17, 15) is 36.0 Å². The van der Waals surface area contributed by atoms with Gasteiger partial charge in [-0.3, -0.25) is 28.6 Å². The third kappa shape index (κ3) is 13.5. The number of benzene rings is 4. The Kier molecular flexibility index (Phi) is 17.2. The van der Waals surface area contributed by atoms with Crippen LogP contribution < -0.4 is 19.2 Å². The fourth-order valence-electron chi connectivity index (χ4n) is 9.42. The molecule has 25 heteroatoms. The molecule has 2 unspecified atom stereocenters. The topological polar surface area (TPSA) is 204 Å². The van der Waals surface area contributed by atoms with E-state index in [0.29, 0.717) is 24.0 Å². The zero-order chi connectivity index (χ0) is 55.5. The molecule has 2 saturated heterocycles. The maximum atomic E-state index is 16.0. The maximum Gasteiger partial charge on any atom is 0.418 e. The Labute approximate surface area is 444 Å². The molecule has 4 aromatic rings. The number of halogens is 6. The first-order chi connectivity index (χ1) is 36.4. The summed E-state index contributed by atoms with van der Waals surface area (Å²) in [4.78, 5) is 75.0. The van der Waals surface area contributed by atoms with Crippen LogP contribution in [0.5, 0.6) is 11.5 Å². The fourth-order valence-corrected chi connectivity index (χ4v) is 11.8. The molecule has 8 rings (SSSR count). The Morgan fingerprint density at radius 2 is 1.03 bits per heavy atom. The number of sulfonamides is 2. The minimum atomic E-state index is -5.24. The highest BCUT2D eigenvalue weighted by Gasteiger charge is 2.42. The molecular weight excluding hydrogens is 1080 g/mol. The number of hydrogen-bond acceptors (Lipinski definition) is 13. The van der Waals surface area contributed by atoms with Crippen LogP contribution in [0.4, 0.5) is 26.3 Å². The summed E-state index contributed by atoms with van der Waals surface area (Å²) in [6.45, 7) is 2.81. The molecule has 2 N–H and O–H groups in total. The van der Waals surface area contributed by atoms with Gasteiger partial charge in [0.1, 0.15) is 0 Å². The van der Waals surface area contributed by atoms with Crippen LogP contribution in [0.1, 0.15) is 72.9 Å². The van der Waals surface area contributed by atoms with Crippen LogP contribution in [0.3, 0.4) is 0 Å². The average molecular weight is 1140 g/mol. The molecule has 412 valence electrons. The van der Waals surface area contributed by atoms with E-state index in [2.05, 4.69) is 0 Å². The summed E-state index contributed by atoms with van der Waals surface area (Å²) in [6.07, 6.45) is -4.48. The highest BCUT2D eigenvalue weighted by molar-refractivity contribution is 7.99. The third-order valence-corrected chi connectivity index (χ3v) is 17.0. The minimum absolute atomic E-state index is 0.0169. The van der Waals surface area contributed by atoms with Gasteiger partial charge in [0.2, 0.25) is 43.7 Å². The van der Waals surface area contributed by atoms with Crippen molar-refractivity contribution in [2.75, 3.05) is 50.9 Å². The number of fused-ring (bicyclic) bond motifs is 2. The summed E-state index contributed by atoms with van der Waals surface area (Å²) in [5.41, 5.74) is -2.99. The van der Waals surface area contributed by atoms with Gasteiger partial charge in [-0.1, -0.05) is 36.0 Å². The number of carbonyl (C=O) groups is 4. The summed E-state index contributed by atoms with van der Waals surface area (Å²) in [5, 5.41) is 0. The van der Waals surface area contributed by atoms with Gasteiger partial charge in [-0.25, -0.2) is 16.8 Å². The van der Waals surface area contributed by atoms with E-state index in [4.69, 9.17) is 19.6 Å². The van der Waals surface area contributed by atoms with Crippen LogP contribution in [0, 0.1) is 11.8 Å². The summed E-state index contributed by atoms with van der Waals surface area (Å²) >= 11 is 0.209. The van der Waals surface area contributed by atoms with Gasteiger partial charge in [0.05, 0.1) is 47.7 Å². The Bertz CT molecular complexity index is 3050. The Balaban J connectivity index is 1.21. The molecule has 0 aromatic heterocycles. The van der Waals surface area contributed by atoms with Gasteiger partial charge >= 0.3 is 12.4 Å². The summed E-state index contributed by atoms with van der Waals surface area (Å²) in [7, 11) is -7.80. The monoisotopic (exact) mass is 1130 g/mol. The van der Waals surface area contributed by atoms with Gasteiger partial charge in [-0.15, -0.1) is 0 Å². The summed E-state index contributed by atoms with van der Waals surface area (Å²) in [6, 6.07) is 12.8. The van der Waals surface area contributed by atoms with E-state index in [1.807, 2.05) is 9.44 Å². The average Bonchev–Trinajstić information content (AvgIpc) is 3.40. The van der Waals surface area contributed by atoms with Crippen LogP contribution >= 0.6 is 11.8 Å². The van der Waals surface area contributed by atoms with Gasteiger partial charge in [-0.2, -0.15) is 36.1 Å². The lowest BCUT2D eigenvalue weighted by Crippen LogP contribution is -2.46. The van der Waals surface area contributed by atoms with Crippen molar-refractivity contribution < 1.29 is 81.9 Å². The molecule has 2 fully saturated rings. The molecule has 0 spiro atoms. The van der Waals surface area contributed by atoms with Crippen LogP contribution in [0.25, 0.3) is 34.4 Å². The molecule has 0 aliphatic carbocycles. The lowest BCUT2D eigenvalue weighted by Gasteiger charge is -2.31. The van der Waals surface area contributed by atoms with Crippen molar-refractivity contribution in [3.63, 3.8) is 0 Å². The molecule has 0 bridgehead atoms. The largest absolute Gasteiger partial charge is 0.418 e. The number of amides is 4. The Morgan fingerprint density at radius 1 is 0.623 bits per heavy atom. The van der Waals surface area contributed by atoms with Crippen molar-refractivity contribution in [2.24, 2.45) is 11.8 Å². The quantitative estimate of drug-likeness (QED) is 0.0693. The standard InChI is InChI=1S/C52H52F6N4O12S3/c1-3-76(67,68)59-49(65)37-7-5-23-61(29-37)43(63)19-13-31-11-17-41(47(51(53,54)55)45(31)35-9-15-39-33(27-35)21-25-71-73-39)75-42-18-12-32(14-20-44(64)62-24-6-8-38(30-62)50(66)60-77(69,70)4-2)46(48(42)52(56,57)58)36-10-16-40-34(28-36)22-26-72-74-40/h9-20,27-28,37-38H,3-8,21-26,29-30H2,1-2H3,(H,59,65)(H,60,66)/b19-13+,20-14+. The molecule has 4 heterocycles. The minimum Gasteiger partial charge on any atom is -0.338 e. The van der Waals surface area contributed by atoms with E-state index in [1.54, 1.807) is 0 Å². The van der Waals surface area contributed by atoms with Gasteiger partial charge < -0.3 is 19.6 Å². The molecular formula is C52H52F6N4O12S3. The number of nitrogens with zero attached hydrogens (tertiary/aromatic N) is 2. The number of likely N-dealkylation sites (tertiary alicyclic amines) is 2. The van der Waals surface area contributed by atoms with Crippen LogP contribution in [-0.4, -0.2) is 101 Å². The molecule has 4 aromatic carbocycles. The second-order valence-corrected chi connectivity index (χ2v) is 23.6. The van der Waals surface area contributed by atoms with Crippen molar-refractivity contribution in [3.8, 4) is 33.8 Å². The second-order valence-electron chi connectivity index (χ2n) is 18.5. The molecule has 0 saturated carbocycles. The van der Waals surface area contributed by atoms with E-state index in [-0.39, 0.29) is 122 Å². The molecule has 16 nitrogen and oxygen atoms in total. The van der Waals surface area contributed by atoms with Gasteiger partial charge in [0.25, 0.3) is 0 Å². The highest BCUT2D eigenvalue weighted by Crippen LogP contribution is 2.52. The molecule has 4 amide bonds. The lowest BCUT2D eigenvalue weighted by molar-refractivity contribution is -0.215. The predicted octanol–water partition coefficient (Wildman–Crippen LogP) is 8.38. The predicted molar refractivity (Wildman–Crippen MR) is 270 cm³/mol. The Hall–Kier alpha value is -6.41. The van der Waals surface area contributed by atoms with Crippen molar-refractivity contribution in [1.29, 1.82) is 0 Å². The van der Waals surface area contributed by atoms with E-state index < -0.39 is 99.9 Å². The van der Waals surface area contributed by atoms with Crippen molar-refractivity contribution in [3.05, 3.63) is 106 Å². The SMILES string of the molecule is CCS(=O)(=O)NC(=O)C1CCCN(C(=O)/C=C/c2ccc(Sc3ccc(/C=C/C(=O)N4CCCC(C(=O)NS(=O)(=O)CC)C4)c(-c4ccc5c(c4)CCOO5)c3C(F)(F)F)c(C(F)(F)F)c2-c2ccc3c(c2)CCOO3)C1. The first kappa shape index (κ1) is 56.8. The number of alkyl halides is 6. The van der Waals surface area contributed by atoms with Crippen LogP contribution in [0.2, 0.25) is 0 Å². The molecule has 77 heavy (non-hydrogen) atoms. The molecule has 0 radical (unpaired) electrons. The summed E-state index contributed by atoms with van der Waals surface area (Å²) in [5.74, 6) is -5.00. The van der Waals surface area contributed by atoms with E-state index >= 15 is 26.3 Å². The lowest BCUT2D eigenvalue weighted by atomic mass is 9.91. The van der Waals surface area contributed by atoms with Gasteiger partial charge in [-0.05, 0) is 110 Å². The highest BCUT2D eigenvalue weighted by atomic mass is 32.2. The van der Waals surface area contributed by atoms with E-state index in [1.165, 1.54) is 72.2 Å². The van der Waals surface area contributed by atoms with Crippen LogP contribution in [0.15, 0.2) is 82.6 Å². The maximum absolute atomic E-state index is 16.0. The van der Waals surface area contributed by atoms with Crippen molar-refractivity contribution >= 4 is 67.6 Å². The van der Waals surface area contributed by atoms with Crippen LogP contribution in [-0.2, 0) is 74.2 Å². The number of piperidine rings is 2. The number of carbonyl (C=O) groups excluding carboxylic acids is 4. The van der Waals surface area contributed by atoms with Gasteiger partial charge in [0.15, 0.2) is 11.5 Å². The van der Waals surface area contributed by atoms with Gasteiger partial charge in [0, 0.05) is 83.2 Å². The normalized spacial score (nSPS) is 18.3. The zero-order valence-electron chi connectivity index (χ0n) is 41.4. The Morgan fingerprint density at radius 3 is 1.40 bits per heavy atom. The van der Waals surface area contributed by atoms with Crippen molar-refractivity contribution in [1.82, 2.24) is 19.2 Å². The summed E-state index contributed by atoms with van der Waals surface area (Å²) < 4.78 is 148. The molecule has 2 atom stereocenters.